The van der Waals surface area contributed by atoms with Gasteiger partial charge in [-0.1, -0.05) is 29.4 Å². The van der Waals surface area contributed by atoms with E-state index in [0.717, 1.165) is 21.8 Å². The lowest BCUT2D eigenvalue weighted by Gasteiger charge is -2.01. The molecule has 0 saturated heterocycles. The number of aromatic amines is 2. The van der Waals surface area contributed by atoms with Crippen LogP contribution in [0.4, 0.5) is 0 Å². The summed E-state index contributed by atoms with van der Waals surface area (Å²) in [5, 5.41) is 14.1. The molecule has 0 amide bonds. The monoisotopic (exact) mass is 334 g/mol. The molecule has 0 radical (unpaired) electrons. The van der Waals surface area contributed by atoms with Crippen LogP contribution in [-0.4, -0.2) is 30.5 Å². The van der Waals surface area contributed by atoms with Gasteiger partial charge in [-0.25, -0.2) is 4.98 Å². The smallest absolute Gasteiger partial charge is 0.213 e. The average Bonchev–Trinajstić information content (AvgIpc) is 3.40. The molecule has 0 atom stereocenters. The molecular weight excluding hydrogens is 320 g/mol. The predicted molar refractivity (Wildman–Crippen MR) is 92.8 cm³/mol. The van der Waals surface area contributed by atoms with E-state index in [1.54, 1.807) is 12.4 Å². The summed E-state index contributed by atoms with van der Waals surface area (Å²) in [6, 6.07) is 15.1. The molecule has 0 spiro atoms. The number of hydrogen-bond acceptors (Lipinski definition) is 6. The highest BCUT2D eigenvalue weighted by Crippen LogP contribution is 2.13. The van der Waals surface area contributed by atoms with Crippen LogP contribution in [0.5, 0.6) is 0 Å². The summed E-state index contributed by atoms with van der Waals surface area (Å²) < 4.78 is 4.22. The van der Waals surface area contributed by atoms with E-state index in [4.69, 9.17) is 0 Å². The number of rotatable bonds is 0. The molecule has 0 bridgehead atoms. The number of aromatic nitrogens is 6. The summed E-state index contributed by atoms with van der Waals surface area (Å²) in [5.41, 5.74) is 1.88. The van der Waals surface area contributed by atoms with Crippen molar-refractivity contribution in [2.24, 2.45) is 0 Å². The number of nitrogens with zero attached hydrogens (tertiary/aromatic N) is 4. The molecule has 5 rings (SSSR count). The Bertz CT molecular complexity index is 954. The highest BCUT2D eigenvalue weighted by atomic mass is 16.5. The number of benzene rings is 2. The molecule has 2 N–H and O–H groups in total. The third-order valence-corrected chi connectivity index (χ3v) is 3.23. The van der Waals surface area contributed by atoms with Crippen molar-refractivity contribution < 1.29 is 4.52 Å². The fourth-order valence-corrected chi connectivity index (χ4v) is 2.17. The lowest BCUT2D eigenvalue weighted by molar-refractivity contribution is 0.416. The molecule has 25 heavy (non-hydrogen) atoms. The topological polar surface area (TPSA) is 113 Å². The summed E-state index contributed by atoms with van der Waals surface area (Å²) in [7, 11) is 0. The first-order chi connectivity index (χ1) is 12.4. The number of hydrogen-bond donors (Lipinski definition) is 2. The molecule has 3 aromatic heterocycles. The fraction of sp³-hybridized carbons (Fsp3) is 0. The highest BCUT2D eigenvalue weighted by Gasteiger charge is 2.02. The molecule has 124 valence electrons. The van der Waals surface area contributed by atoms with Crippen LogP contribution in [0.1, 0.15) is 0 Å². The van der Waals surface area contributed by atoms with Crippen LogP contribution in [0.25, 0.3) is 21.8 Å². The molecule has 0 aliphatic heterocycles. The van der Waals surface area contributed by atoms with E-state index in [1.165, 1.54) is 12.7 Å². The van der Waals surface area contributed by atoms with Gasteiger partial charge < -0.3 is 9.51 Å². The quantitative estimate of drug-likeness (QED) is 0.421. The Labute approximate surface area is 141 Å². The van der Waals surface area contributed by atoms with Crippen molar-refractivity contribution in [1.82, 2.24) is 30.5 Å². The van der Waals surface area contributed by atoms with Gasteiger partial charge >= 0.3 is 0 Å². The van der Waals surface area contributed by atoms with Crippen LogP contribution in [0.3, 0.4) is 0 Å². The van der Waals surface area contributed by atoms with Crippen molar-refractivity contribution in [3.05, 3.63) is 83.9 Å². The van der Waals surface area contributed by atoms with E-state index in [1.807, 2.05) is 48.5 Å². The molecule has 5 aromatic rings. The molecule has 2 aromatic carbocycles. The highest BCUT2D eigenvalue weighted by molar-refractivity contribution is 5.92. The summed E-state index contributed by atoms with van der Waals surface area (Å²) in [4.78, 5) is 18.8. The van der Waals surface area contributed by atoms with Crippen molar-refractivity contribution in [2.75, 3.05) is 0 Å². The van der Waals surface area contributed by atoms with Crippen LogP contribution >= 0.6 is 0 Å². The first-order valence-electron chi connectivity index (χ1n) is 7.35. The molecule has 3 heterocycles. The van der Waals surface area contributed by atoms with Gasteiger partial charge in [0.2, 0.25) is 6.39 Å². The van der Waals surface area contributed by atoms with Crippen molar-refractivity contribution in [3.63, 3.8) is 0 Å². The number of pyridine rings is 1. The van der Waals surface area contributed by atoms with Crippen molar-refractivity contribution in [2.45, 2.75) is 0 Å². The summed E-state index contributed by atoms with van der Waals surface area (Å²) in [5.74, 6) is 0. The van der Waals surface area contributed by atoms with Gasteiger partial charge in [0.1, 0.15) is 0 Å². The molecule has 0 saturated carbocycles. The lowest BCUT2D eigenvalue weighted by atomic mass is 10.1. The maximum Gasteiger partial charge on any atom is 0.213 e. The maximum absolute atomic E-state index is 12.1. The van der Waals surface area contributed by atoms with E-state index >= 15 is 0 Å². The number of H-pyrrole nitrogens is 2. The van der Waals surface area contributed by atoms with Crippen molar-refractivity contribution >= 4 is 21.8 Å². The summed E-state index contributed by atoms with van der Waals surface area (Å²) >= 11 is 0. The second kappa shape index (κ2) is 8.16. The third-order valence-electron chi connectivity index (χ3n) is 3.23. The van der Waals surface area contributed by atoms with Gasteiger partial charge in [0.25, 0.3) is 0 Å². The fourth-order valence-electron chi connectivity index (χ4n) is 2.17. The second-order valence-corrected chi connectivity index (χ2v) is 4.78. The Balaban J connectivity index is 0.000000148. The van der Waals surface area contributed by atoms with E-state index in [2.05, 4.69) is 35.1 Å². The predicted octanol–water partition coefficient (Wildman–Crippen LogP) is 2.56. The second-order valence-electron chi connectivity index (χ2n) is 4.78. The largest absolute Gasteiger partial charge is 0.354 e. The van der Waals surface area contributed by atoms with Gasteiger partial charge in [0.05, 0.1) is 12.4 Å². The Hall–Kier alpha value is -3.81. The van der Waals surface area contributed by atoms with Crippen LogP contribution in [0, 0.1) is 0 Å². The summed E-state index contributed by atoms with van der Waals surface area (Å²) in [6.45, 7) is 0. The standard InChI is InChI=1S/C13H9NO.C2H3N3.C2H2N2O/c15-13-9-5-1-3-7-11(9)14-12-8-4-2-6-10(12)13;1-2-4-5-3-1;1-3-2-5-4-1/h1-8H,(H,14,15);1-2H,(H,3,4,5);1-2H. The van der Waals surface area contributed by atoms with Gasteiger partial charge in [0.15, 0.2) is 11.8 Å². The third kappa shape index (κ3) is 4.14. The van der Waals surface area contributed by atoms with E-state index < -0.39 is 0 Å². The Morgan fingerprint density at radius 3 is 1.84 bits per heavy atom. The Kier molecular flexibility index (Phi) is 5.24. The van der Waals surface area contributed by atoms with E-state index in [0.29, 0.717) is 0 Å². The van der Waals surface area contributed by atoms with Crippen LogP contribution < -0.4 is 5.43 Å². The van der Waals surface area contributed by atoms with Crippen molar-refractivity contribution in [3.8, 4) is 0 Å². The van der Waals surface area contributed by atoms with Gasteiger partial charge in [0, 0.05) is 21.8 Å². The number of fused-ring (bicyclic) bond motifs is 2. The summed E-state index contributed by atoms with van der Waals surface area (Å²) in [6.07, 6.45) is 5.76. The zero-order valence-corrected chi connectivity index (χ0v) is 13.0. The minimum absolute atomic E-state index is 0.0972. The molecule has 0 fully saturated rings. The zero-order chi connectivity index (χ0) is 17.3. The minimum Gasteiger partial charge on any atom is -0.354 e. The Morgan fingerprint density at radius 1 is 0.840 bits per heavy atom. The van der Waals surface area contributed by atoms with Crippen LogP contribution in [0.15, 0.2) is 83.0 Å². The normalized spacial score (nSPS) is 9.76. The van der Waals surface area contributed by atoms with E-state index in [-0.39, 0.29) is 5.43 Å². The van der Waals surface area contributed by atoms with Crippen molar-refractivity contribution in [1.29, 1.82) is 0 Å². The van der Waals surface area contributed by atoms with Gasteiger partial charge in [-0.15, -0.1) is 0 Å². The first kappa shape index (κ1) is 16.1. The number of para-hydroxylation sites is 2. The molecule has 0 aliphatic rings. The Morgan fingerprint density at radius 2 is 1.44 bits per heavy atom. The first-order valence-corrected chi connectivity index (χ1v) is 7.35. The number of nitrogens with one attached hydrogen (secondary N) is 2. The minimum atomic E-state index is 0.0972. The van der Waals surface area contributed by atoms with Gasteiger partial charge in [-0.05, 0) is 24.3 Å². The van der Waals surface area contributed by atoms with Crippen LogP contribution in [-0.2, 0) is 0 Å². The molecule has 8 heteroatoms. The lowest BCUT2D eigenvalue weighted by Crippen LogP contribution is -2.03. The molecular formula is C17H14N6O2. The molecule has 0 unspecified atom stereocenters. The molecule has 0 aliphatic carbocycles. The zero-order valence-electron chi connectivity index (χ0n) is 13.0. The average molecular weight is 334 g/mol. The molecule has 8 nitrogen and oxygen atoms in total. The SMILES string of the molecule is O=c1c2ccccc2[nH]c2ccccc12.c1cn[nH]n1.c1ncon1. The van der Waals surface area contributed by atoms with Gasteiger partial charge in [-0.2, -0.15) is 15.4 Å². The van der Waals surface area contributed by atoms with E-state index in [9.17, 15) is 4.79 Å². The van der Waals surface area contributed by atoms with Gasteiger partial charge in [-0.3, -0.25) is 4.79 Å². The van der Waals surface area contributed by atoms with Crippen LogP contribution in [0.2, 0.25) is 0 Å². The maximum atomic E-state index is 12.1.